The lowest BCUT2D eigenvalue weighted by Crippen LogP contribution is -2.64. The minimum Gasteiger partial charge on any atom is -0.387 e. The van der Waals surface area contributed by atoms with Gasteiger partial charge in [0.25, 0.3) is 0 Å². The number of allylic oxidation sites excluding steroid dienone is 1. The number of hydrogen-bond acceptors (Lipinski definition) is 10. The number of carbonyl (C=O) groups excluding carboxylic acids is 1. The van der Waals surface area contributed by atoms with Gasteiger partial charge in [-0.1, -0.05) is 135 Å². The van der Waals surface area contributed by atoms with E-state index < -0.39 is 63.2 Å². The quantitative estimate of drug-likeness (QED) is 0.0297. The zero-order valence-corrected chi connectivity index (χ0v) is 30.4. The molecule has 1 saturated carbocycles. The van der Waals surface area contributed by atoms with Crippen molar-refractivity contribution in [1.82, 2.24) is 5.32 Å². The molecule has 12 nitrogen and oxygen atoms in total. The lowest BCUT2D eigenvalue weighted by atomic mass is 9.85. The highest BCUT2D eigenvalue weighted by molar-refractivity contribution is 7.47. The van der Waals surface area contributed by atoms with Crippen LogP contribution in [-0.4, -0.2) is 96.8 Å². The summed E-state index contributed by atoms with van der Waals surface area (Å²) in [6.07, 6.45) is 13.1. The highest BCUT2D eigenvalue weighted by atomic mass is 31.2. The van der Waals surface area contributed by atoms with E-state index in [1.165, 1.54) is 83.1 Å². The van der Waals surface area contributed by atoms with Gasteiger partial charge in [-0.15, -0.1) is 0 Å². The molecule has 48 heavy (non-hydrogen) atoms. The molecule has 8 N–H and O–H groups in total. The number of rotatable bonds is 29. The van der Waals surface area contributed by atoms with Crippen molar-refractivity contribution in [2.24, 2.45) is 0 Å². The molecule has 284 valence electrons. The Kier molecular flexibility index (Phi) is 25.2. The standard InChI is InChI=1S/C35H68NO11P/c1-3-5-7-9-11-13-14-15-17-19-21-23-25-29(38)36-27(28(37)24-22-20-18-16-12-10-8-6-4-2)26-46-48(44,45)47-35-33(42)31(40)30(39)32(41)34(35)43/h22,24,27-28,30-35,37,39-43H,3-21,23,25-26H2,1-2H3,(H,36,38)(H,44,45)/b24-22+/t27-,28+,30?,31+,32?,33?,34?,35?/m0/s1. The van der Waals surface area contributed by atoms with Crippen LogP contribution in [0.25, 0.3) is 0 Å². The van der Waals surface area contributed by atoms with Gasteiger partial charge in [-0.25, -0.2) is 4.57 Å². The van der Waals surface area contributed by atoms with E-state index in [-0.39, 0.29) is 12.3 Å². The number of amides is 1. The summed E-state index contributed by atoms with van der Waals surface area (Å²) in [5, 5.41) is 63.4. The van der Waals surface area contributed by atoms with Crippen LogP contribution in [-0.2, 0) is 18.4 Å². The van der Waals surface area contributed by atoms with Gasteiger partial charge >= 0.3 is 7.82 Å². The van der Waals surface area contributed by atoms with Gasteiger partial charge in [0.15, 0.2) is 0 Å². The highest BCUT2D eigenvalue weighted by Gasteiger charge is 2.51. The third-order valence-corrected chi connectivity index (χ3v) is 10.1. The van der Waals surface area contributed by atoms with E-state index in [0.29, 0.717) is 6.42 Å². The Balaban J connectivity index is 2.61. The Labute approximate surface area is 288 Å². The molecule has 0 heterocycles. The van der Waals surface area contributed by atoms with Gasteiger partial charge in [0, 0.05) is 6.42 Å². The van der Waals surface area contributed by atoms with Crippen molar-refractivity contribution < 1.29 is 53.9 Å². The molecule has 1 rings (SSSR count). The van der Waals surface area contributed by atoms with E-state index in [2.05, 4.69) is 19.2 Å². The maximum Gasteiger partial charge on any atom is 0.472 e. The molecule has 0 aromatic rings. The van der Waals surface area contributed by atoms with Crippen molar-refractivity contribution in [3.05, 3.63) is 12.2 Å². The second-order valence-electron chi connectivity index (χ2n) is 13.4. The number of aliphatic hydroxyl groups is 6. The lowest BCUT2D eigenvalue weighted by molar-refractivity contribution is -0.220. The van der Waals surface area contributed by atoms with Crippen molar-refractivity contribution in [2.45, 2.75) is 197 Å². The van der Waals surface area contributed by atoms with Crippen LogP contribution in [0.1, 0.15) is 149 Å². The maximum absolute atomic E-state index is 12.8. The summed E-state index contributed by atoms with van der Waals surface area (Å²) in [5.41, 5.74) is 0. The van der Waals surface area contributed by atoms with Crippen LogP contribution in [0.15, 0.2) is 12.2 Å². The van der Waals surface area contributed by atoms with Crippen molar-refractivity contribution in [1.29, 1.82) is 0 Å². The Bertz CT molecular complexity index is 879. The van der Waals surface area contributed by atoms with Crippen LogP contribution in [0.3, 0.4) is 0 Å². The van der Waals surface area contributed by atoms with Crippen molar-refractivity contribution in [3.8, 4) is 0 Å². The summed E-state index contributed by atoms with van der Waals surface area (Å²) in [5.74, 6) is -0.345. The molecule has 0 bridgehead atoms. The summed E-state index contributed by atoms with van der Waals surface area (Å²) in [6, 6.07) is -1.11. The fourth-order valence-corrected chi connectivity index (χ4v) is 6.87. The van der Waals surface area contributed by atoms with E-state index in [4.69, 9.17) is 9.05 Å². The predicted octanol–water partition coefficient (Wildman–Crippen LogP) is 4.94. The molecule has 13 heteroatoms. The van der Waals surface area contributed by atoms with Crippen LogP contribution in [0.4, 0.5) is 0 Å². The van der Waals surface area contributed by atoms with E-state index in [1.807, 2.05) is 0 Å². The monoisotopic (exact) mass is 709 g/mol. The van der Waals surface area contributed by atoms with Gasteiger partial charge < -0.3 is 40.8 Å². The van der Waals surface area contributed by atoms with Gasteiger partial charge in [-0.2, -0.15) is 0 Å². The van der Waals surface area contributed by atoms with Crippen LogP contribution in [0.2, 0.25) is 0 Å². The highest BCUT2D eigenvalue weighted by Crippen LogP contribution is 2.47. The smallest absolute Gasteiger partial charge is 0.387 e. The molecule has 0 saturated heterocycles. The average Bonchev–Trinajstić information content (AvgIpc) is 3.06. The Hall–Kier alpha value is -0.920. The van der Waals surface area contributed by atoms with Crippen molar-refractivity contribution in [3.63, 3.8) is 0 Å². The number of phosphoric ester groups is 1. The molecule has 1 aliphatic carbocycles. The summed E-state index contributed by atoms with van der Waals surface area (Å²) >= 11 is 0. The first-order valence-corrected chi connectivity index (χ1v) is 20.1. The molecule has 0 spiro atoms. The molecule has 0 aliphatic heterocycles. The summed E-state index contributed by atoms with van der Waals surface area (Å²) in [7, 11) is -5.06. The molecule has 0 radical (unpaired) electrons. The molecule has 0 aromatic carbocycles. The van der Waals surface area contributed by atoms with Crippen LogP contribution in [0, 0.1) is 0 Å². The first-order valence-electron chi connectivity index (χ1n) is 18.6. The first kappa shape index (κ1) is 45.1. The van der Waals surface area contributed by atoms with Crippen LogP contribution in [0.5, 0.6) is 0 Å². The molecule has 0 aromatic heterocycles. The van der Waals surface area contributed by atoms with Gasteiger partial charge in [0.1, 0.15) is 36.6 Å². The molecular formula is C35H68NO11P. The molecule has 1 fully saturated rings. The van der Waals surface area contributed by atoms with E-state index in [9.17, 15) is 44.9 Å². The number of carbonyl (C=O) groups is 1. The van der Waals surface area contributed by atoms with E-state index in [0.717, 1.165) is 44.9 Å². The zero-order valence-electron chi connectivity index (χ0n) is 29.5. The predicted molar refractivity (Wildman–Crippen MR) is 186 cm³/mol. The summed E-state index contributed by atoms with van der Waals surface area (Å²) in [4.78, 5) is 23.1. The Morgan fingerprint density at radius 3 is 1.58 bits per heavy atom. The van der Waals surface area contributed by atoms with Gasteiger partial charge in [-0.05, 0) is 19.3 Å². The number of aliphatic hydroxyl groups excluding tert-OH is 6. The van der Waals surface area contributed by atoms with Gasteiger partial charge in [-0.3, -0.25) is 13.8 Å². The minimum absolute atomic E-state index is 0.217. The largest absolute Gasteiger partial charge is 0.472 e. The number of nitrogens with one attached hydrogen (secondary N) is 1. The third kappa shape index (κ3) is 19.5. The molecule has 1 amide bonds. The van der Waals surface area contributed by atoms with Crippen molar-refractivity contribution in [2.75, 3.05) is 6.61 Å². The molecule has 1 aliphatic rings. The number of unbranched alkanes of at least 4 members (excludes halogenated alkanes) is 18. The molecular weight excluding hydrogens is 641 g/mol. The second kappa shape index (κ2) is 26.8. The van der Waals surface area contributed by atoms with Crippen LogP contribution < -0.4 is 5.32 Å². The average molecular weight is 710 g/mol. The molecule has 6 unspecified atom stereocenters. The summed E-state index contributed by atoms with van der Waals surface area (Å²) in [6.45, 7) is 3.75. The summed E-state index contributed by atoms with van der Waals surface area (Å²) < 4.78 is 22.7. The van der Waals surface area contributed by atoms with Crippen LogP contribution >= 0.6 is 7.82 Å². The maximum atomic E-state index is 12.8. The van der Waals surface area contributed by atoms with Gasteiger partial charge in [0.2, 0.25) is 5.91 Å². The SMILES string of the molecule is CCCCCCCCC/C=C/[C@@H](O)[C@H](COP(=O)(O)OC1C(O)C(O)C(O)[C@@H](O)C1O)NC(=O)CCCCCCCCCCCCCC. The zero-order chi connectivity index (χ0) is 35.8. The van der Waals surface area contributed by atoms with E-state index >= 15 is 0 Å². The topological polar surface area (TPSA) is 206 Å². The third-order valence-electron chi connectivity index (χ3n) is 9.07. The Morgan fingerprint density at radius 1 is 0.688 bits per heavy atom. The normalized spacial score (nSPS) is 25.6. The number of phosphoric acid groups is 1. The fourth-order valence-electron chi connectivity index (χ4n) is 5.90. The van der Waals surface area contributed by atoms with Crippen molar-refractivity contribution >= 4 is 13.7 Å². The fraction of sp³-hybridized carbons (Fsp3) is 0.914. The first-order chi connectivity index (χ1) is 22.9. The minimum atomic E-state index is -5.06. The Morgan fingerprint density at radius 2 is 1.10 bits per heavy atom. The van der Waals surface area contributed by atoms with E-state index in [1.54, 1.807) is 6.08 Å². The second-order valence-corrected chi connectivity index (χ2v) is 14.8. The molecule has 9 atom stereocenters. The number of hydrogen-bond donors (Lipinski definition) is 8. The lowest BCUT2D eigenvalue weighted by Gasteiger charge is -2.41. The van der Waals surface area contributed by atoms with Gasteiger partial charge in [0.05, 0.1) is 18.8 Å².